The Labute approximate surface area is 110 Å². The number of likely N-dealkylation sites (tertiary alicyclic amines) is 1. The maximum absolute atomic E-state index is 6.20. The fourth-order valence-electron chi connectivity index (χ4n) is 2.00. The Hall–Kier alpha value is -0.0900. The molecule has 1 heterocycles. The molecule has 0 spiro atoms. The van der Waals surface area contributed by atoms with E-state index in [1.54, 1.807) is 0 Å². The van der Waals surface area contributed by atoms with Gasteiger partial charge in [-0.1, -0.05) is 33.6 Å². The minimum Gasteiger partial charge on any atom is -0.328 e. The first-order valence-electron chi connectivity index (χ1n) is 5.57. The van der Waals surface area contributed by atoms with Crippen molar-refractivity contribution in [3.8, 4) is 0 Å². The molecule has 16 heavy (non-hydrogen) atoms. The van der Waals surface area contributed by atoms with E-state index < -0.39 is 0 Å². The molecule has 1 saturated heterocycles. The Balaban J connectivity index is 1.98. The van der Waals surface area contributed by atoms with Crippen LogP contribution in [0.25, 0.3) is 0 Å². The van der Waals surface area contributed by atoms with Crippen LogP contribution in [0.3, 0.4) is 0 Å². The molecule has 4 heteroatoms. The monoisotopic (exact) mass is 302 g/mol. The zero-order valence-electron chi connectivity index (χ0n) is 9.13. The van der Waals surface area contributed by atoms with Crippen LogP contribution in [0, 0.1) is 0 Å². The maximum Gasteiger partial charge on any atom is 0.0462 e. The number of rotatable bonds is 2. The van der Waals surface area contributed by atoms with Crippen LogP contribution in [-0.4, -0.2) is 24.0 Å². The van der Waals surface area contributed by atoms with E-state index in [1.165, 1.54) is 5.56 Å². The van der Waals surface area contributed by atoms with Crippen LogP contribution in [0.4, 0.5) is 0 Å². The van der Waals surface area contributed by atoms with Gasteiger partial charge in [0.1, 0.15) is 0 Å². The molecule has 0 bridgehead atoms. The van der Waals surface area contributed by atoms with Gasteiger partial charge in [0.15, 0.2) is 0 Å². The molecule has 0 radical (unpaired) electrons. The van der Waals surface area contributed by atoms with Crippen molar-refractivity contribution in [2.45, 2.75) is 25.4 Å². The van der Waals surface area contributed by atoms with E-state index in [2.05, 4.69) is 26.9 Å². The molecule has 1 aliphatic rings. The zero-order chi connectivity index (χ0) is 11.5. The van der Waals surface area contributed by atoms with Crippen LogP contribution in [0.1, 0.15) is 18.4 Å². The van der Waals surface area contributed by atoms with Crippen LogP contribution >= 0.6 is 27.5 Å². The second kappa shape index (κ2) is 5.50. The van der Waals surface area contributed by atoms with E-state index in [-0.39, 0.29) is 0 Å². The number of halogens is 2. The molecule has 0 atom stereocenters. The lowest BCUT2D eigenvalue weighted by Gasteiger charge is -2.30. The third-order valence-electron chi connectivity index (χ3n) is 3.04. The van der Waals surface area contributed by atoms with Gasteiger partial charge in [-0.25, -0.2) is 0 Å². The molecule has 0 aliphatic carbocycles. The molecule has 1 aromatic rings. The summed E-state index contributed by atoms with van der Waals surface area (Å²) >= 11 is 9.61. The first-order chi connectivity index (χ1) is 7.65. The van der Waals surface area contributed by atoms with Crippen molar-refractivity contribution in [3.63, 3.8) is 0 Å². The van der Waals surface area contributed by atoms with E-state index in [0.29, 0.717) is 6.04 Å². The predicted octanol–water partition coefficient (Wildman–Crippen LogP) is 3.03. The molecule has 1 aliphatic heterocycles. The predicted molar refractivity (Wildman–Crippen MR) is 71.6 cm³/mol. The second-order valence-electron chi connectivity index (χ2n) is 4.35. The van der Waals surface area contributed by atoms with E-state index in [4.69, 9.17) is 17.3 Å². The first-order valence-corrected chi connectivity index (χ1v) is 6.74. The van der Waals surface area contributed by atoms with Gasteiger partial charge in [-0.05, 0) is 43.6 Å². The molecular formula is C12H16BrClN2. The molecule has 2 N–H and O–H groups in total. The summed E-state index contributed by atoms with van der Waals surface area (Å²) in [5.74, 6) is 0. The molecule has 1 aromatic carbocycles. The highest BCUT2D eigenvalue weighted by atomic mass is 79.9. The fraction of sp³-hybridized carbons (Fsp3) is 0.500. The number of piperidine rings is 1. The van der Waals surface area contributed by atoms with Gasteiger partial charge in [0, 0.05) is 22.1 Å². The van der Waals surface area contributed by atoms with Crippen molar-refractivity contribution in [1.29, 1.82) is 0 Å². The minimum absolute atomic E-state index is 0.386. The van der Waals surface area contributed by atoms with Gasteiger partial charge in [0.25, 0.3) is 0 Å². The van der Waals surface area contributed by atoms with Crippen molar-refractivity contribution < 1.29 is 0 Å². The van der Waals surface area contributed by atoms with Crippen molar-refractivity contribution in [3.05, 3.63) is 33.3 Å². The summed E-state index contributed by atoms with van der Waals surface area (Å²) in [6.45, 7) is 3.08. The summed E-state index contributed by atoms with van der Waals surface area (Å²) in [5, 5.41) is 0.837. The number of nitrogens with zero attached hydrogens (tertiary/aromatic N) is 1. The second-order valence-corrected chi connectivity index (χ2v) is 5.67. The largest absolute Gasteiger partial charge is 0.328 e. The Morgan fingerprint density at radius 1 is 1.38 bits per heavy atom. The number of hydrogen-bond acceptors (Lipinski definition) is 2. The third kappa shape index (κ3) is 3.20. The summed E-state index contributed by atoms with van der Waals surface area (Å²) in [4.78, 5) is 2.42. The average Bonchev–Trinajstić information content (AvgIpc) is 2.25. The highest BCUT2D eigenvalue weighted by molar-refractivity contribution is 9.10. The van der Waals surface area contributed by atoms with Gasteiger partial charge >= 0.3 is 0 Å². The summed E-state index contributed by atoms with van der Waals surface area (Å²) in [7, 11) is 0. The van der Waals surface area contributed by atoms with E-state index >= 15 is 0 Å². The lowest BCUT2D eigenvalue weighted by Crippen LogP contribution is -2.39. The van der Waals surface area contributed by atoms with Crippen LogP contribution in [0.15, 0.2) is 22.7 Å². The Morgan fingerprint density at radius 2 is 2.06 bits per heavy atom. The smallest absolute Gasteiger partial charge is 0.0462 e. The maximum atomic E-state index is 6.20. The molecule has 0 saturated carbocycles. The Morgan fingerprint density at radius 3 is 2.69 bits per heavy atom. The van der Waals surface area contributed by atoms with E-state index in [1.807, 2.05) is 12.1 Å². The standard InChI is InChI=1S/C12H16BrClN2/c13-10-2-1-9(12(14)7-10)8-16-5-3-11(15)4-6-16/h1-2,7,11H,3-6,8,15H2. The molecule has 2 rings (SSSR count). The van der Waals surface area contributed by atoms with Crippen LogP contribution < -0.4 is 5.73 Å². The van der Waals surface area contributed by atoms with Crippen molar-refractivity contribution in [2.24, 2.45) is 5.73 Å². The summed E-state index contributed by atoms with van der Waals surface area (Å²) < 4.78 is 1.03. The molecule has 0 amide bonds. The van der Waals surface area contributed by atoms with Gasteiger partial charge < -0.3 is 5.73 Å². The van der Waals surface area contributed by atoms with Crippen LogP contribution in [0.5, 0.6) is 0 Å². The van der Waals surface area contributed by atoms with Gasteiger partial charge in [0.2, 0.25) is 0 Å². The Kier molecular flexibility index (Phi) is 4.25. The topological polar surface area (TPSA) is 29.3 Å². The normalized spacial score (nSPS) is 18.9. The first kappa shape index (κ1) is 12.4. The van der Waals surface area contributed by atoms with Gasteiger partial charge in [-0.15, -0.1) is 0 Å². The molecule has 0 aromatic heterocycles. The third-order valence-corrected chi connectivity index (χ3v) is 3.89. The molecular weight excluding hydrogens is 288 g/mol. The molecule has 88 valence electrons. The minimum atomic E-state index is 0.386. The highest BCUT2D eigenvalue weighted by Crippen LogP contribution is 2.23. The van der Waals surface area contributed by atoms with Crippen molar-refractivity contribution >= 4 is 27.5 Å². The highest BCUT2D eigenvalue weighted by Gasteiger charge is 2.16. The SMILES string of the molecule is NC1CCN(Cc2ccc(Br)cc2Cl)CC1. The summed E-state index contributed by atoms with van der Waals surface area (Å²) in [6.07, 6.45) is 2.18. The number of benzene rings is 1. The Bertz CT molecular complexity index is 362. The summed E-state index contributed by atoms with van der Waals surface area (Å²) in [5.41, 5.74) is 7.08. The molecule has 0 unspecified atom stereocenters. The van der Waals surface area contributed by atoms with E-state index in [0.717, 1.165) is 42.0 Å². The van der Waals surface area contributed by atoms with Crippen LogP contribution in [-0.2, 0) is 6.54 Å². The van der Waals surface area contributed by atoms with Gasteiger partial charge in [0.05, 0.1) is 0 Å². The van der Waals surface area contributed by atoms with Crippen molar-refractivity contribution in [2.75, 3.05) is 13.1 Å². The average molecular weight is 304 g/mol. The quantitative estimate of drug-likeness (QED) is 0.910. The fourth-order valence-corrected chi connectivity index (χ4v) is 2.74. The summed E-state index contributed by atoms with van der Waals surface area (Å²) in [6, 6.07) is 6.46. The number of nitrogens with two attached hydrogens (primary N) is 1. The van der Waals surface area contributed by atoms with Crippen LogP contribution in [0.2, 0.25) is 5.02 Å². The van der Waals surface area contributed by atoms with Gasteiger partial charge in [-0.2, -0.15) is 0 Å². The lowest BCUT2D eigenvalue weighted by atomic mass is 10.1. The lowest BCUT2D eigenvalue weighted by molar-refractivity contribution is 0.205. The van der Waals surface area contributed by atoms with Gasteiger partial charge in [-0.3, -0.25) is 4.90 Å². The molecule has 1 fully saturated rings. The number of hydrogen-bond donors (Lipinski definition) is 1. The van der Waals surface area contributed by atoms with E-state index in [9.17, 15) is 0 Å². The zero-order valence-corrected chi connectivity index (χ0v) is 11.5. The van der Waals surface area contributed by atoms with Crippen molar-refractivity contribution in [1.82, 2.24) is 4.90 Å². The molecule has 2 nitrogen and oxygen atoms in total.